The van der Waals surface area contributed by atoms with Gasteiger partial charge in [-0.3, -0.25) is 0 Å². The minimum Gasteiger partial charge on any atom is -0.389 e. The first-order chi connectivity index (χ1) is 8.93. The summed E-state index contributed by atoms with van der Waals surface area (Å²) in [6.45, 7) is 6.30. The largest absolute Gasteiger partial charge is 0.389 e. The highest BCUT2D eigenvalue weighted by Crippen LogP contribution is 2.24. The zero-order chi connectivity index (χ0) is 14.4. The summed E-state index contributed by atoms with van der Waals surface area (Å²) in [6.07, 6.45) is 1.05. The molecule has 3 N–H and O–H groups in total. The molecule has 106 valence electrons. The number of nitrogens with one attached hydrogen (secondary N) is 1. The standard InChI is InChI=1S/C14H22ClN3S/c1-10(2)18(3)9-5-8-17-12-7-4-6-11(15)13(12)14(16)19/h4,6-7,10,17H,5,8-9H2,1-3H3,(H2,16,19). The van der Waals surface area contributed by atoms with Crippen LogP contribution >= 0.6 is 23.8 Å². The van der Waals surface area contributed by atoms with Crippen molar-refractivity contribution in [3.63, 3.8) is 0 Å². The third-order valence-electron chi connectivity index (χ3n) is 3.14. The lowest BCUT2D eigenvalue weighted by Crippen LogP contribution is -2.28. The fraction of sp³-hybridized carbons (Fsp3) is 0.500. The van der Waals surface area contributed by atoms with Gasteiger partial charge in [-0.2, -0.15) is 0 Å². The van der Waals surface area contributed by atoms with E-state index in [2.05, 4.69) is 31.1 Å². The zero-order valence-electron chi connectivity index (χ0n) is 11.7. The molecule has 0 bridgehead atoms. The predicted molar refractivity (Wildman–Crippen MR) is 88.2 cm³/mol. The summed E-state index contributed by atoms with van der Waals surface area (Å²) in [7, 11) is 2.13. The molecule has 0 atom stereocenters. The van der Waals surface area contributed by atoms with Crippen molar-refractivity contribution in [2.24, 2.45) is 5.73 Å². The van der Waals surface area contributed by atoms with Crippen molar-refractivity contribution in [2.75, 3.05) is 25.5 Å². The van der Waals surface area contributed by atoms with Crippen LogP contribution in [0.4, 0.5) is 5.69 Å². The van der Waals surface area contributed by atoms with E-state index in [0.29, 0.717) is 16.1 Å². The first kappa shape index (κ1) is 16.2. The molecule has 0 aliphatic rings. The molecule has 1 aromatic rings. The van der Waals surface area contributed by atoms with Gasteiger partial charge in [0.05, 0.1) is 10.6 Å². The summed E-state index contributed by atoms with van der Waals surface area (Å²) in [4.78, 5) is 2.64. The monoisotopic (exact) mass is 299 g/mol. The Morgan fingerprint density at radius 2 is 2.16 bits per heavy atom. The van der Waals surface area contributed by atoms with Crippen LogP contribution < -0.4 is 11.1 Å². The van der Waals surface area contributed by atoms with Crippen LogP contribution in [0.3, 0.4) is 0 Å². The van der Waals surface area contributed by atoms with E-state index >= 15 is 0 Å². The highest BCUT2D eigenvalue weighted by atomic mass is 35.5. The van der Waals surface area contributed by atoms with Gasteiger partial charge in [0.25, 0.3) is 0 Å². The van der Waals surface area contributed by atoms with Crippen molar-refractivity contribution >= 4 is 34.5 Å². The van der Waals surface area contributed by atoms with Gasteiger partial charge in [-0.1, -0.05) is 29.9 Å². The maximum Gasteiger partial charge on any atom is 0.107 e. The van der Waals surface area contributed by atoms with Gasteiger partial charge in [-0.05, 0) is 46.0 Å². The summed E-state index contributed by atoms with van der Waals surface area (Å²) in [5.41, 5.74) is 7.35. The van der Waals surface area contributed by atoms with Crippen molar-refractivity contribution in [1.29, 1.82) is 0 Å². The van der Waals surface area contributed by atoms with Crippen molar-refractivity contribution in [3.05, 3.63) is 28.8 Å². The minimum atomic E-state index is 0.326. The van der Waals surface area contributed by atoms with Crippen LogP contribution in [0.25, 0.3) is 0 Å². The Kier molecular flexibility index (Phi) is 6.55. The number of nitrogens with two attached hydrogens (primary N) is 1. The Labute approximate surface area is 126 Å². The molecule has 0 unspecified atom stereocenters. The fourth-order valence-electron chi connectivity index (χ4n) is 1.73. The SMILES string of the molecule is CC(C)N(C)CCCNc1cccc(Cl)c1C(N)=S. The predicted octanol–water partition coefficient (Wildman–Crippen LogP) is 3.12. The first-order valence-electron chi connectivity index (χ1n) is 6.46. The number of nitrogens with zero attached hydrogens (tertiary/aromatic N) is 1. The maximum atomic E-state index is 6.11. The average Bonchev–Trinajstić information content (AvgIpc) is 2.33. The van der Waals surface area contributed by atoms with Crippen molar-refractivity contribution in [2.45, 2.75) is 26.3 Å². The van der Waals surface area contributed by atoms with E-state index in [4.69, 9.17) is 29.6 Å². The number of hydrogen-bond donors (Lipinski definition) is 2. The van der Waals surface area contributed by atoms with Crippen molar-refractivity contribution < 1.29 is 0 Å². The Bertz CT molecular complexity index is 435. The van der Waals surface area contributed by atoms with Crippen LogP contribution in [-0.4, -0.2) is 36.1 Å². The zero-order valence-corrected chi connectivity index (χ0v) is 13.3. The molecule has 5 heteroatoms. The van der Waals surface area contributed by atoms with Gasteiger partial charge in [0.1, 0.15) is 4.99 Å². The molecule has 19 heavy (non-hydrogen) atoms. The molecule has 0 aromatic heterocycles. The lowest BCUT2D eigenvalue weighted by atomic mass is 10.1. The average molecular weight is 300 g/mol. The van der Waals surface area contributed by atoms with Gasteiger partial charge in [0, 0.05) is 18.3 Å². The molecule has 0 radical (unpaired) electrons. The maximum absolute atomic E-state index is 6.11. The van der Waals surface area contributed by atoms with E-state index in [9.17, 15) is 0 Å². The summed E-state index contributed by atoms with van der Waals surface area (Å²) in [5, 5.41) is 3.95. The van der Waals surface area contributed by atoms with E-state index in [1.165, 1.54) is 0 Å². The van der Waals surface area contributed by atoms with Gasteiger partial charge in [-0.15, -0.1) is 0 Å². The van der Waals surface area contributed by atoms with Gasteiger partial charge >= 0.3 is 0 Å². The molecular weight excluding hydrogens is 278 g/mol. The van der Waals surface area contributed by atoms with Crippen molar-refractivity contribution in [3.8, 4) is 0 Å². The van der Waals surface area contributed by atoms with Crippen molar-refractivity contribution in [1.82, 2.24) is 4.90 Å². The van der Waals surface area contributed by atoms with Gasteiger partial charge in [0.15, 0.2) is 0 Å². The molecule has 0 aliphatic heterocycles. The van der Waals surface area contributed by atoms with Gasteiger partial charge < -0.3 is 16.0 Å². The second-order valence-electron chi connectivity index (χ2n) is 4.88. The third-order valence-corrected chi connectivity index (χ3v) is 3.66. The second kappa shape index (κ2) is 7.68. The molecule has 0 aliphatic carbocycles. The molecule has 0 saturated heterocycles. The number of hydrogen-bond acceptors (Lipinski definition) is 3. The van der Waals surface area contributed by atoms with Gasteiger partial charge in [-0.25, -0.2) is 0 Å². The van der Waals surface area contributed by atoms with E-state index in [1.807, 2.05) is 12.1 Å². The molecule has 1 rings (SSSR count). The Morgan fingerprint density at radius 3 is 2.74 bits per heavy atom. The van der Waals surface area contributed by atoms with Gasteiger partial charge in [0.2, 0.25) is 0 Å². The van der Waals surface area contributed by atoms with Crippen LogP contribution in [0.5, 0.6) is 0 Å². The molecular formula is C14H22ClN3S. The summed E-state index contributed by atoms with van der Waals surface area (Å²) < 4.78 is 0. The van der Waals surface area contributed by atoms with Crippen LogP contribution in [-0.2, 0) is 0 Å². The Hall–Kier alpha value is -0.840. The summed E-state index contributed by atoms with van der Waals surface area (Å²) in [5.74, 6) is 0. The molecule has 0 fully saturated rings. The van der Waals surface area contributed by atoms with E-state index < -0.39 is 0 Å². The van der Waals surface area contributed by atoms with E-state index in [-0.39, 0.29) is 0 Å². The number of rotatable bonds is 7. The number of benzene rings is 1. The smallest absolute Gasteiger partial charge is 0.107 e. The summed E-state index contributed by atoms with van der Waals surface area (Å²) in [6, 6.07) is 6.21. The van der Waals surface area contributed by atoms with Crippen LogP contribution in [0.15, 0.2) is 18.2 Å². The lowest BCUT2D eigenvalue weighted by molar-refractivity contribution is 0.273. The highest BCUT2D eigenvalue weighted by Gasteiger charge is 2.09. The summed E-state index contributed by atoms with van der Waals surface area (Å²) >= 11 is 11.2. The van der Waals surface area contributed by atoms with Crippen LogP contribution in [0.1, 0.15) is 25.8 Å². The quantitative estimate of drug-likeness (QED) is 0.599. The molecule has 0 saturated carbocycles. The van der Waals surface area contributed by atoms with E-state index in [1.54, 1.807) is 6.07 Å². The Morgan fingerprint density at radius 1 is 1.47 bits per heavy atom. The first-order valence-corrected chi connectivity index (χ1v) is 7.24. The molecule has 0 spiro atoms. The number of halogens is 1. The minimum absolute atomic E-state index is 0.326. The lowest BCUT2D eigenvalue weighted by Gasteiger charge is -2.21. The molecule has 3 nitrogen and oxygen atoms in total. The normalized spacial score (nSPS) is 11.1. The Balaban J connectivity index is 2.54. The fourth-order valence-corrected chi connectivity index (χ4v) is 2.28. The molecule has 0 heterocycles. The number of thiocarbonyl (C=S) groups is 1. The number of anilines is 1. The highest BCUT2D eigenvalue weighted by molar-refractivity contribution is 7.80. The third kappa shape index (κ3) is 4.97. The second-order valence-corrected chi connectivity index (χ2v) is 5.73. The van der Waals surface area contributed by atoms with E-state index in [0.717, 1.165) is 30.8 Å². The van der Waals surface area contributed by atoms with Crippen LogP contribution in [0, 0.1) is 0 Å². The van der Waals surface area contributed by atoms with Crippen LogP contribution in [0.2, 0.25) is 5.02 Å². The molecule has 1 aromatic carbocycles. The topological polar surface area (TPSA) is 41.3 Å². The molecule has 0 amide bonds.